The Morgan fingerprint density at radius 1 is 1.17 bits per heavy atom. The zero-order chi connectivity index (χ0) is 17.5. The molecule has 126 valence electrons. The van der Waals surface area contributed by atoms with Crippen LogP contribution in [0.3, 0.4) is 0 Å². The maximum Gasteiger partial charge on any atom is 0.335 e. The van der Waals surface area contributed by atoms with Crippen molar-refractivity contribution in [1.82, 2.24) is 0 Å². The number of benzene rings is 2. The van der Waals surface area contributed by atoms with Crippen molar-refractivity contribution < 1.29 is 27.1 Å². The lowest BCUT2D eigenvalue weighted by Gasteiger charge is -2.30. The Kier molecular flexibility index (Phi) is 4.00. The molecule has 0 saturated carbocycles. The predicted molar refractivity (Wildman–Crippen MR) is 82.6 cm³/mol. The maximum atomic E-state index is 14.2. The van der Waals surface area contributed by atoms with Gasteiger partial charge < -0.3 is 5.11 Å². The zero-order valence-electron chi connectivity index (χ0n) is 12.4. The van der Waals surface area contributed by atoms with Crippen molar-refractivity contribution in [2.24, 2.45) is 0 Å². The van der Waals surface area contributed by atoms with Gasteiger partial charge in [0.1, 0.15) is 5.82 Å². The largest absolute Gasteiger partial charge is 0.478 e. The molecular formula is C16H13F2NO4S. The minimum atomic E-state index is -4.16. The van der Waals surface area contributed by atoms with Gasteiger partial charge in [-0.05, 0) is 42.7 Å². The van der Waals surface area contributed by atoms with E-state index in [0.29, 0.717) is 18.9 Å². The Hall–Kier alpha value is -2.48. The number of carboxylic acids is 1. The van der Waals surface area contributed by atoms with Gasteiger partial charge in [0.15, 0.2) is 5.82 Å². The number of aryl methyl sites for hydroxylation is 1. The van der Waals surface area contributed by atoms with Crippen molar-refractivity contribution in [3.63, 3.8) is 0 Å². The Morgan fingerprint density at radius 2 is 1.92 bits per heavy atom. The number of rotatable bonds is 3. The highest BCUT2D eigenvalue weighted by molar-refractivity contribution is 7.92. The normalized spacial score (nSPS) is 14.3. The number of carboxylic acid groups (broad SMARTS) is 1. The number of aromatic carboxylic acids is 1. The van der Waals surface area contributed by atoms with Crippen LogP contribution in [0.5, 0.6) is 0 Å². The molecule has 0 bridgehead atoms. The number of nitrogens with zero attached hydrogens (tertiary/aromatic N) is 1. The van der Waals surface area contributed by atoms with Crippen LogP contribution in [0, 0.1) is 11.6 Å². The zero-order valence-corrected chi connectivity index (χ0v) is 13.2. The van der Waals surface area contributed by atoms with E-state index >= 15 is 0 Å². The van der Waals surface area contributed by atoms with Crippen LogP contribution in [-0.4, -0.2) is 26.0 Å². The van der Waals surface area contributed by atoms with Crippen molar-refractivity contribution >= 4 is 21.7 Å². The molecule has 1 aliphatic rings. The lowest BCUT2D eigenvalue weighted by Crippen LogP contribution is -2.36. The highest BCUT2D eigenvalue weighted by Crippen LogP contribution is 2.35. The van der Waals surface area contributed by atoms with Gasteiger partial charge in [0.05, 0.1) is 16.1 Å². The first-order valence-corrected chi connectivity index (χ1v) is 8.59. The van der Waals surface area contributed by atoms with Crippen LogP contribution in [0.15, 0.2) is 41.3 Å². The molecular weight excluding hydrogens is 340 g/mol. The van der Waals surface area contributed by atoms with Gasteiger partial charge >= 0.3 is 5.97 Å². The Labute approximate surface area is 137 Å². The van der Waals surface area contributed by atoms with Crippen molar-refractivity contribution in [2.45, 2.75) is 17.7 Å². The second-order valence-corrected chi connectivity index (χ2v) is 7.27. The second kappa shape index (κ2) is 5.86. The van der Waals surface area contributed by atoms with Crippen molar-refractivity contribution in [1.29, 1.82) is 0 Å². The van der Waals surface area contributed by atoms with Crippen LogP contribution in [0.2, 0.25) is 0 Å². The predicted octanol–water partition coefficient (Wildman–Crippen LogP) is 2.80. The summed E-state index contributed by atoms with van der Waals surface area (Å²) in [6.07, 6.45) is 0.777. The van der Waals surface area contributed by atoms with Crippen LogP contribution in [0.25, 0.3) is 0 Å². The summed E-state index contributed by atoms with van der Waals surface area (Å²) in [6.45, 7) is 0.0369. The van der Waals surface area contributed by atoms with Gasteiger partial charge in [0.2, 0.25) is 0 Å². The van der Waals surface area contributed by atoms with Gasteiger partial charge in [-0.3, -0.25) is 4.31 Å². The molecule has 1 aliphatic heterocycles. The SMILES string of the molecule is O=C(O)c1cccc(S(=O)(=O)N2CCCc3cc(F)cc(F)c32)c1. The summed E-state index contributed by atoms with van der Waals surface area (Å²) in [5.74, 6) is -2.99. The highest BCUT2D eigenvalue weighted by Gasteiger charge is 2.32. The summed E-state index contributed by atoms with van der Waals surface area (Å²) in [7, 11) is -4.16. The number of fused-ring (bicyclic) bond motifs is 1. The van der Waals surface area contributed by atoms with E-state index in [1.165, 1.54) is 18.2 Å². The van der Waals surface area contributed by atoms with Gasteiger partial charge in [-0.25, -0.2) is 22.0 Å². The highest BCUT2D eigenvalue weighted by atomic mass is 32.2. The quantitative estimate of drug-likeness (QED) is 0.921. The van der Waals surface area contributed by atoms with E-state index in [9.17, 15) is 22.0 Å². The van der Waals surface area contributed by atoms with Crippen LogP contribution < -0.4 is 4.31 Å². The third-order valence-corrected chi connectivity index (χ3v) is 5.63. The molecule has 2 aromatic carbocycles. The van der Waals surface area contributed by atoms with E-state index in [1.807, 2.05) is 0 Å². The molecule has 0 aromatic heterocycles. The molecule has 2 aromatic rings. The molecule has 0 radical (unpaired) electrons. The fourth-order valence-corrected chi connectivity index (χ4v) is 4.37. The molecule has 0 spiro atoms. The number of carbonyl (C=O) groups is 1. The minimum Gasteiger partial charge on any atom is -0.478 e. The van der Waals surface area contributed by atoms with Crippen LogP contribution in [0.1, 0.15) is 22.3 Å². The monoisotopic (exact) mass is 353 g/mol. The Balaban J connectivity index is 2.13. The minimum absolute atomic E-state index is 0.0369. The number of anilines is 1. The van der Waals surface area contributed by atoms with E-state index in [0.717, 1.165) is 16.4 Å². The number of hydrogen-bond donors (Lipinski definition) is 1. The van der Waals surface area contributed by atoms with Crippen molar-refractivity contribution in [2.75, 3.05) is 10.8 Å². The third kappa shape index (κ3) is 2.73. The lowest BCUT2D eigenvalue weighted by molar-refractivity contribution is 0.0696. The van der Waals surface area contributed by atoms with Crippen LogP contribution in [0.4, 0.5) is 14.5 Å². The number of halogens is 2. The average Bonchev–Trinajstić information content (AvgIpc) is 2.54. The Bertz CT molecular complexity index is 928. The molecule has 3 rings (SSSR count). The summed E-state index contributed by atoms with van der Waals surface area (Å²) in [5, 5.41) is 9.01. The van der Waals surface area contributed by atoms with Gasteiger partial charge in [0, 0.05) is 12.6 Å². The maximum absolute atomic E-state index is 14.2. The fraction of sp³-hybridized carbons (Fsp3) is 0.188. The molecule has 0 aliphatic carbocycles. The van der Waals surface area contributed by atoms with E-state index in [2.05, 4.69) is 0 Å². The molecule has 8 heteroatoms. The number of hydrogen-bond acceptors (Lipinski definition) is 3. The van der Waals surface area contributed by atoms with Gasteiger partial charge in [-0.15, -0.1) is 0 Å². The summed E-state index contributed by atoms with van der Waals surface area (Å²) < 4.78 is 54.1. The summed E-state index contributed by atoms with van der Waals surface area (Å²) >= 11 is 0. The molecule has 1 heterocycles. The van der Waals surface area contributed by atoms with E-state index in [1.54, 1.807) is 0 Å². The molecule has 0 saturated heterocycles. The lowest BCUT2D eigenvalue weighted by atomic mass is 10.0. The molecule has 1 N–H and O–H groups in total. The van der Waals surface area contributed by atoms with Gasteiger partial charge in [-0.1, -0.05) is 6.07 Å². The van der Waals surface area contributed by atoms with Crippen LogP contribution in [-0.2, 0) is 16.4 Å². The summed E-state index contributed by atoms with van der Waals surface area (Å²) in [5.41, 5.74) is -0.0898. The summed E-state index contributed by atoms with van der Waals surface area (Å²) in [4.78, 5) is 10.8. The van der Waals surface area contributed by atoms with Crippen molar-refractivity contribution in [3.8, 4) is 0 Å². The van der Waals surface area contributed by atoms with Crippen LogP contribution >= 0.6 is 0 Å². The number of sulfonamides is 1. The van der Waals surface area contributed by atoms with E-state index in [-0.39, 0.29) is 28.3 Å². The molecule has 0 unspecified atom stereocenters. The first-order chi connectivity index (χ1) is 11.3. The second-order valence-electron chi connectivity index (χ2n) is 5.41. The summed E-state index contributed by atoms with van der Waals surface area (Å²) in [6, 6.07) is 6.60. The van der Waals surface area contributed by atoms with Gasteiger partial charge in [-0.2, -0.15) is 0 Å². The molecule has 0 atom stereocenters. The molecule has 24 heavy (non-hydrogen) atoms. The molecule has 5 nitrogen and oxygen atoms in total. The van der Waals surface area contributed by atoms with Crippen molar-refractivity contribution in [3.05, 3.63) is 59.2 Å². The Morgan fingerprint density at radius 3 is 2.62 bits per heavy atom. The third-order valence-electron chi connectivity index (χ3n) is 3.83. The molecule has 0 amide bonds. The molecule has 0 fully saturated rings. The first kappa shape index (κ1) is 16.4. The fourth-order valence-electron chi connectivity index (χ4n) is 2.77. The van der Waals surface area contributed by atoms with E-state index < -0.39 is 27.6 Å². The van der Waals surface area contributed by atoms with Gasteiger partial charge in [0.25, 0.3) is 10.0 Å². The standard InChI is InChI=1S/C16H13F2NO4S/c17-12-7-10-4-2-6-19(15(10)14(18)9-12)24(22,23)13-5-1-3-11(8-13)16(20)21/h1,3,5,7-9H,2,4,6H2,(H,20,21). The smallest absolute Gasteiger partial charge is 0.335 e. The van der Waals surface area contributed by atoms with E-state index in [4.69, 9.17) is 5.11 Å². The topological polar surface area (TPSA) is 74.7 Å². The first-order valence-electron chi connectivity index (χ1n) is 7.15. The average molecular weight is 353 g/mol.